The van der Waals surface area contributed by atoms with Gasteiger partial charge in [-0.25, -0.2) is 13.4 Å². The minimum Gasteiger partial charge on any atom is -0.304 e. The lowest BCUT2D eigenvalue weighted by Crippen LogP contribution is -2.14. The van der Waals surface area contributed by atoms with Crippen molar-refractivity contribution in [3.8, 4) is 11.3 Å². The van der Waals surface area contributed by atoms with Crippen LogP contribution >= 0.6 is 0 Å². The highest BCUT2D eigenvalue weighted by Crippen LogP contribution is 2.36. The van der Waals surface area contributed by atoms with E-state index < -0.39 is 10.0 Å². The zero-order chi connectivity index (χ0) is 21.9. The summed E-state index contributed by atoms with van der Waals surface area (Å²) in [6.45, 7) is 2.03. The Balaban J connectivity index is 1.38. The first kappa shape index (κ1) is 19.1. The first-order valence-corrected chi connectivity index (χ1v) is 12.1. The van der Waals surface area contributed by atoms with Crippen molar-refractivity contribution >= 4 is 32.1 Å². The SMILES string of the molecule is Cc1cccc2nc(-c3cccc(NS(=O)(=O)c4ccc5cccc6c5c4CC6)c3)cn12. The summed E-state index contributed by atoms with van der Waals surface area (Å²) < 4.78 is 31.5. The number of imidazole rings is 1. The summed E-state index contributed by atoms with van der Waals surface area (Å²) in [5.41, 5.74) is 6.27. The molecule has 0 aliphatic heterocycles. The van der Waals surface area contributed by atoms with Crippen molar-refractivity contribution in [1.29, 1.82) is 0 Å². The van der Waals surface area contributed by atoms with E-state index in [1.54, 1.807) is 12.1 Å². The second kappa shape index (κ2) is 6.93. The summed E-state index contributed by atoms with van der Waals surface area (Å²) in [7, 11) is -3.72. The fourth-order valence-electron chi connectivity index (χ4n) is 4.72. The van der Waals surface area contributed by atoms with E-state index in [2.05, 4.69) is 10.8 Å². The topological polar surface area (TPSA) is 63.5 Å². The van der Waals surface area contributed by atoms with Gasteiger partial charge in [0.05, 0.1) is 10.6 Å². The molecule has 6 rings (SSSR count). The Kier molecular flexibility index (Phi) is 4.13. The summed E-state index contributed by atoms with van der Waals surface area (Å²) >= 11 is 0. The van der Waals surface area contributed by atoms with Crippen molar-refractivity contribution in [1.82, 2.24) is 9.38 Å². The molecule has 6 heteroatoms. The Hall–Kier alpha value is -3.64. The summed E-state index contributed by atoms with van der Waals surface area (Å²) in [6, 6.07) is 23.1. The number of nitrogens with zero attached hydrogens (tertiary/aromatic N) is 2. The lowest BCUT2D eigenvalue weighted by Gasteiger charge is -2.13. The third kappa shape index (κ3) is 2.99. The average molecular weight is 440 g/mol. The quantitative estimate of drug-likeness (QED) is 0.410. The van der Waals surface area contributed by atoms with Gasteiger partial charge in [-0.2, -0.15) is 0 Å². The van der Waals surface area contributed by atoms with Crippen molar-refractivity contribution in [2.45, 2.75) is 24.7 Å². The maximum Gasteiger partial charge on any atom is 0.262 e. The molecule has 0 saturated heterocycles. The number of aryl methyl sites for hydroxylation is 3. The van der Waals surface area contributed by atoms with Gasteiger partial charge in [0.25, 0.3) is 10.0 Å². The van der Waals surface area contributed by atoms with E-state index in [-0.39, 0.29) is 0 Å². The number of pyridine rings is 1. The average Bonchev–Trinajstić information content (AvgIpc) is 3.41. The minimum absolute atomic E-state index is 0.365. The van der Waals surface area contributed by atoms with Crippen LogP contribution in [0.4, 0.5) is 5.69 Å². The molecule has 0 radical (unpaired) electrons. The molecule has 0 bridgehead atoms. The Labute approximate surface area is 186 Å². The van der Waals surface area contributed by atoms with Gasteiger partial charge in [0.2, 0.25) is 0 Å². The number of hydrogen-bond acceptors (Lipinski definition) is 3. The fourth-order valence-corrected chi connectivity index (χ4v) is 6.05. The van der Waals surface area contributed by atoms with Crippen LogP contribution < -0.4 is 4.72 Å². The van der Waals surface area contributed by atoms with Crippen LogP contribution in [0.3, 0.4) is 0 Å². The zero-order valence-corrected chi connectivity index (χ0v) is 18.4. The summed E-state index contributed by atoms with van der Waals surface area (Å²) in [5, 5.41) is 2.18. The molecule has 1 aliphatic carbocycles. The van der Waals surface area contributed by atoms with Crippen LogP contribution in [-0.2, 0) is 22.9 Å². The van der Waals surface area contributed by atoms with Gasteiger partial charge in [-0.15, -0.1) is 0 Å². The third-order valence-corrected chi connectivity index (χ3v) is 7.70. The standard InChI is InChI=1S/C26H21N3O2S/c1-17-5-2-10-25-27-23(16-29(17)25)20-8-4-9-21(15-20)28-32(30,31)24-14-12-19-7-3-6-18-11-13-22(24)26(18)19/h2-10,12,14-16,28H,11,13H2,1H3. The Morgan fingerprint density at radius 1 is 0.938 bits per heavy atom. The fraction of sp³-hybridized carbons (Fsp3) is 0.115. The second-order valence-corrected chi connectivity index (χ2v) is 9.92. The molecule has 0 atom stereocenters. The molecule has 2 heterocycles. The molecule has 5 aromatic rings. The van der Waals surface area contributed by atoms with E-state index in [4.69, 9.17) is 4.98 Å². The van der Waals surface area contributed by atoms with Crippen molar-refractivity contribution in [3.05, 3.63) is 95.8 Å². The summed E-state index contributed by atoms with van der Waals surface area (Å²) in [5.74, 6) is 0. The Morgan fingerprint density at radius 3 is 2.66 bits per heavy atom. The number of sulfonamides is 1. The van der Waals surface area contributed by atoms with Gasteiger partial charge in [0, 0.05) is 23.1 Å². The number of anilines is 1. The van der Waals surface area contributed by atoms with E-state index in [0.29, 0.717) is 10.6 Å². The zero-order valence-electron chi connectivity index (χ0n) is 17.5. The molecule has 0 fully saturated rings. The smallest absolute Gasteiger partial charge is 0.262 e. The van der Waals surface area contributed by atoms with E-state index in [1.807, 2.05) is 72.1 Å². The molecule has 0 spiro atoms. The lowest BCUT2D eigenvalue weighted by atomic mass is 10.1. The Morgan fingerprint density at radius 2 is 1.78 bits per heavy atom. The van der Waals surface area contributed by atoms with Gasteiger partial charge in [0.1, 0.15) is 5.65 Å². The molecule has 0 saturated carbocycles. The molecule has 0 unspecified atom stereocenters. The maximum absolute atomic E-state index is 13.4. The van der Waals surface area contributed by atoms with Gasteiger partial charge in [-0.3, -0.25) is 4.72 Å². The number of hydrogen-bond donors (Lipinski definition) is 1. The first-order valence-electron chi connectivity index (χ1n) is 10.6. The van der Waals surface area contributed by atoms with E-state index in [0.717, 1.165) is 51.8 Å². The number of nitrogens with one attached hydrogen (secondary N) is 1. The largest absolute Gasteiger partial charge is 0.304 e. The highest BCUT2D eigenvalue weighted by Gasteiger charge is 2.25. The van der Waals surface area contributed by atoms with Crippen LogP contribution in [0, 0.1) is 6.92 Å². The highest BCUT2D eigenvalue weighted by atomic mass is 32.2. The second-order valence-electron chi connectivity index (χ2n) is 8.27. The van der Waals surface area contributed by atoms with Gasteiger partial charge in [-0.1, -0.05) is 42.5 Å². The number of benzene rings is 3. The van der Waals surface area contributed by atoms with E-state index in [9.17, 15) is 8.42 Å². The van der Waals surface area contributed by atoms with Crippen LogP contribution in [0.15, 0.2) is 83.9 Å². The van der Waals surface area contributed by atoms with Crippen LogP contribution in [0.25, 0.3) is 27.7 Å². The minimum atomic E-state index is -3.72. The third-order valence-electron chi connectivity index (χ3n) is 6.24. The van der Waals surface area contributed by atoms with Crippen LogP contribution in [-0.4, -0.2) is 17.8 Å². The highest BCUT2D eigenvalue weighted by molar-refractivity contribution is 7.92. The van der Waals surface area contributed by atoms with Crippen LogP contribution in [0.1, 0.15) is 16.8 Å². The number of fused-ring (bicyclic) bond motifs is 1. The number of rotatable bonds is 4. The van der Waals surface area contributed by atoms with Gasteiger partial charge in [-0.05, 0) is 72.0 Å². The summed E-state index contributed by atoms with van der Waals surface area (Å²) in [6.07, 6.45) is 3.60. The molecule has 3 aromatic carbocycles. The monoisotopic (exact) mass is 439 g/mol. The normalized spacial score (nSPS) is 13.2. The van der Waals surface area contributed by atoms with Crippen molar-refractivity contribution < 1.29 is 8.42 Å². The van der Waals surface area contributed by atoms with E-state index in [1.165, 1.54) is 5.56 Å². The molecule has 5 nitrogen and oxygen atoms in total. The molecule has 32 heavy (non-hydrogen) atoms. The van der Waals surface area contributed by atoms with Crippen LogP contribution in [0.2, 0.25) is 0 Å². The molecule has 0 amide bonds. The van der Waals surface area contributed by atoms with Gasteiger partial charge in [0.15, 0.2) is 0 Å². The predicted octanol–water partition coefficient (Wildman–Crippen LogP) is 5.36. The van der Waals surface area contributed by atoms with Gasteiger partial charge >= 0.3 is 0 Å². The Bertz CT molecular complexity index is 1630. The van der Waals surface area contributed by atoms with Gasteiger partial charge < -0.3 is 4.40 Å². The lowest BCUT2D eigenvalue weighted by molar-refractivity contribution is 0.600. The summed E-state index contributed by atoms with van der Waals surface area (Å²) in [4.78, 5) is 5.06. The maximum atomic E-state index is 13.4. The predicted molar refractivity (Wildman–Crippen MR) is 128 cm³/mol. The van der Waals surface area contributed by atoms with Crippen LogP contribution in [0.5, 0.6) is 0 Å². The van der Waals surface area contributed by atoms with Crippen molar-refractivity contribution in [3.63, 3.8) is 0 Å². The molecular weight excluding hydrogens is 418 g/mol. The molecule has 2 aromatic heterocycles. The molecule has 158 valence electrons. The molecular formula is C26H21N3O2S. The van der Waals surface area contributed by atoms with Crippen molar-refractivity contribution in [2.75, 3.05) is 4.72 Å². The first-order chi connectivity index (χ1) is 15.5. The molecule has 1 aliphatic rings. The van der Waals surface area contributed by atoms with Crippen molar-refractivity contribution in [2.24, 2.45) is 0 Å². The van der Waals surface area contributed by atoms with E-state index >= 15 is 0 Å². The molecule has 1 N–H and O–H groups in total. The number of aromatic nitrogens is 2.